The number of thiol groups is 1. The Morgan fingerprint density at radius 2 is 1.50 bits per heavy atom. The highest BCUT2D eigenvalue weighted by molar-refractivity contribution is 7.81. The lowest BCUT2D eigenvalue weighted by Gasteiger charge is -2.26. The molecule has 0 radical (unpaired) electrons. The van der Waals surface area contributed by atoms with Gasteiger partial charge in [-0.05, 0) is 27.7 Å². The number of rotatable bonds is 8. The monoisotopic (exact) mass is 268 g/mol. The molecule has 0 N–H and O–H groups in total. The molecule has 96 valence electrons. The van der Waals surface area contributed by atoms with E-state index in [1.165, 1.54) is 0 Å². The van der Waals surface area contributed by atoms with Gasteiger partial charge in [0.2, 0.25) is 0 Å². The van der Waals surface area contributed by atoms with Crippen molar-refractivity contribution in [2.75, 3.05) is 19.8 Å². The molecule has 0 aromatic rings. The van der Waals surface area contributed by atoms with Crippen molar-refractivity contribution >= 4 is 27.6 Å². The molecule has 0 saturated carbocycles. The summed E-state index contributed by atoms with van der Waals surface area (Å²) in [5.41, 5.74) is 0. The van der Waals surface area contributed by atoms with Gasteiger partial charge in [-0.1, -0.05) is 0 Å². The van der Waals surface area contributed by atoms with Crippen molar-refractivity contribution in [2.24, 2.45) is 0 Å². The van der Waals surface area contributed by atoms with Gasteiger partial charge in [0, 0.05) is 19.8 Å². The summed E-state index contributed by atoms with van der Waals surface area (Å²) >= 11 is 3.99. The molecule has 0 rings (SSSR count). The molecule has 0 heterocycles. The molecule has 0 amide bonds. The zero-order valence-corrected chi connectivity index (χ0v) is 12.1. The Balaban J connectivity index is 4.64. The predicted octanol–water partition coefficient (Wildman–Crippen LogP) is 1.39. The molecule has 0 saturated heterocycles. The molecule has 5 nitrogen and oxygen atoms in total. The van der Waals surface area contributed by atoms with Crippen LogP contribution in [0.15, 0.2) is 0 Å². The van der Waals surface area contributed by atoms with Crippen LogP contribution in [-0.4, -0.2) is 40.1 Å². The Bertz CT molecular complexity index is 195. The van der Waals surface area contributed by atoms with Gasteiger partial charge in [0.1, 0.15) is 0 Å². The molecule has 1 atom stereocenters. The molecule has 0 aliphatic heterocycles. The number of hydrogen-bond acceptors (Lipinski definition) is 6. The summed E-state index contributed by atoms with van der Waals surface area (Å²) in [5.74, 6) is -0.495. The van der Waals surface area contributed by atoms with E-state index < -0.39 is 20.3 Å². The van der Waals surface area contributed by atoms with Crippen LogP contribution in [0.5, 0.6) is 0 Å². The topological polar surface area (TPSA) is 54.0 Å². The van der Waals surface area contributed by atoms with Gasteiger partial charge in [-0.25, -0.2) is 0 Å². The Labute approximate surface area is 103 Å². The minimum Gasteiger partial charge on any atom is -0.451 e. The van der Waals surface area contributed by atoms with Crippen LogP contribution in [-0.2, 0) is 22.5 Å². The highest BCUT2D eigenvalue weighted by Gasteiger charge is 2.49. The first kappa shape index (κ1) is 15.9. The van der Waals surface area contributed by atoms with E-state index in [1.54, 1.807) is 27.7 Å². The first-order chi connectivity index (χ1) is 7.51. The van der Waals surface area contributed by atoms with E-state index in [-0.39, 0.29) is 0 Å². The molecule has 0 aromatic carbocycles. The number of carbonyl (C=O) groups excluding carboxylic acids is 1. The SMILES string of the molecule is CCO[Si](OCC)(OCC)OC(=O)C(C)S. The Kier molecular flexibility index (Phi) is 8.03. The molecular weight excluding hydrogens is 248 g/mol. The lowest BCUT2D eigenvalue weighted by Crippen LogP contribution is -2.51. The summed E-state index contributed by atoms with van der Waals surface area (Å²) in [4.78, 5) is 11.5. The van der Waals surface area contributed by atoms with Gasteiger partial charge in [0.25, 0.3) is 0 Å². The number of hydrogen-bond donors (Lipinski definition) is 1. The average Bonchev–Trinajstić information content (AvgIpc) is 2.18. The van der Waals surface area contributed by atoms with E-state index in [4.69, 9.17) is 17.7 Å². The minimum absolute atomic E-state index is 0.362. The zero-order chi connectivity index (χ0) is 12.6. The molecule has 0 bridgehead atoms. The van der Waals surface area contributed by atoms with Gasteiger partial charge >= 0.3 is 15.0 Å². The highest BCUT2D eigenvalue weighted by Crippen LogP contribution is 2.14. The molecule has 16 heavy (non-hydrogen) atoms. The van der Waals surface area contributed by atoms with Gasteiger partial charge in [-0.2, -0.15) is 12.6 Å². The smallest absolute Gasteiger partial charge is 0.451 e. The van der Waals surface area contributed by atoms with Gasteiger partial charge in [-0.3, -0.25) is 4.79 Å². The third-order valence-electron chi connectivity index (χ3n) is 1.53. The zero-order valence-electron chi connectivity index (χ0n) is 10.2. The third kappa shape index (κ3) is 5.31. The van der Waals surface area contributed by atoms with Crippen LogP contribution >= 0.6 is 12.6 Å². The Morgan fingerprint density at radius 3 is 1.75 bits per heavy atom. The fraction of sp³-hybridized carbons (Fsp3) is 0.889. The fourth-order valence-corrected chi connectivity index (χ4v) is 3.01. The van der Waals surface area contributed by atoms with Crippen molar-refractivity contribution in [1.29, 1.82) is 0 Å². The van der Waals surface area contributed by atoms with E-state index in [0.29, 0.717) is 19.8 Å². The quantitative estimate of drug-likeness (QED) is 0.532. The second kappa shape index (κ2) is 8.07. The maximum absolute atomic E-state index is 11.5. The molecule has 0 aromatic heterocycles. The number of carbonyl (C=O) groups is 1. The van der Waals surface area contributed by atoms with Crippen molar-refractivity contribution < 1.29 is 22.5 Å². The first-order valence-corrected chi connectivity index (χ1v) is 7.49. The van der Waals surface area contributed by atoms with E-state index in [0.717, 1.165) is 0 Å². The standard InChI is InChI=1S/C9H20O5SSi/c1-5-11-16(12-6-2,13-7-3)14-9(10)8(4)15/h8,15H,5-7H2,1-4H3. The Hall–Kier alpha value is -0.0831. The summed E-state index contributed by atoms with van der Waals surface area (Å²) in [6, 6.07) is 0. The summed E-state index contributed by atoms with van der Waals surface area (Å²) in [6.07, 6.45) is 0. The van der Waals surface area contributed by atoms with Crippen LogP contribution in [0.3, 0.4) is 0 Å². The molecular formula is C9H20O5SSi. The average molecular weight is 268 g/mol. The van der Waals surface area contributed by atoms with Crippen molar-refractivity contribution in [3.05, 3.63) is 0 Å². The van der Waals surface area contributed by atoms with Crippen LogP contribution < -0.4 is 0 Å². The Morgan fingerprint density at radius 1 is 1.12 bits per heavy atom. The summed E-state index contributed by atoms with van der Waals surface area (Å²) in [5, 5.41) is -0.534. The molecule has 0 aliphatic rings. The second-order valence-corrected chi connectivity index (χ2v) is 5.74. The van der Waals surface area contributed by atoms with Crippen molar-refractivity contribution in [2.45, 2.75) is 32.9 Å². The van der Waals surface area contributed by atoms with Crippen LogP contribution in [0.4, 0.5) is 0 Å². The van der Waals surface area contributed by atoms with E-state index >= 15 is 0 Å². The fourth-order valence-electron chi connectivity index (χ4n) is 0.952. The van der Waals surface area contributed by atoms with Crippen molar-refractivity contribution in [3.63, 3.8) is 0 Å². The molecule has 0 aliphatic carbocycles. The summed E-state index contributed by atoms with van der Waals surface area (Å²) in [7, 11) is -3.32. The van der Waals surface area contributed by atoms with Gasteiger partial charge < -0.3 is 17.7 Å². The second-order valence-electron chi connectivity index (χ2n) is 2.90. The lowest BCUT2D eigenvalue weighted by atomic mass is 10.5. The van der Waals surface area contributed by atoms with Crippen LogP contribution in [0, 0.1) is 0 Å². The van der Waals surface area contributed by atoms with Crippen LogP contribution in [0.25, 0.3) is 0 Å². The maximum atomic E-state index is 11.5. The van der Waals surface area contributed by atoms with Crippen LogP contribution in [0.2, 0.25) is 0 Å². The summed E-state index contributed by atoms with van der Waals surface area (Å²) in [6.45, 7) is 8.07. The first-order valence-electron chi connectivity index (χ1n) is 5.34. The van der Waals surface area contributed by atoms with E-state index in [1.807, 2.05) is 0 Å². The minimum atomic E-state index is -3.32. The third-order valence-corrected chi connectivity index (χ3v) is 4.12. The largest absolute Gasteiger partial charge is 0.751 e. The van der Waals surface area contributed by atoms with Gasteiger partial charge in [-0.15, -0.1) is 0 Å². The molecule has 0 fully saturated rings. The van der Waals surface area contributed by atoms with Gasteiger partial charge in [0.15, 0.2) is 0 Å². The van der Waals surface area contributed by atoms with Crippen molar-refractivity contribution in [1.82, 2.24) is 0 Å². The van der Waals surface area contributed by atoms with E-state index in [9.17, 15) is 4.79 Å². The molecule has 1 unspecified atom stereocenters. The highest BCUT2D eigenvalue weighted by atomic mass is 32.1. The summed E-state index contributed by atoms with van der Waals surface area (Å²) < 4.78 is 21.2. The van der Waals surface area contributed by atoms with Crippen LogP contribution in [0.1, 0.15) is 27.7 Å². The van der Waals surface area contributed by atoms with Crippen molar-refractivity contribution in [3.8, 4) is 0 Å². The molecule has 0 spiro atoms. The lowest BCUT2D eigenvalue weighted by molar-refractivity contribution is -0.143. The normalized spacial score (nSPS) is 13.6. The maximum Gasteiger partial charge on any atom is 0.751 e. The van der Waals surface area contributed by atoms with E-state index in [2.05, 4.69) is 12.6 Å². The van der Waals surface area contributed by atoms with Gasteiger partial charge in [0.05, 0.1) is 5.25 Å². The molecule has 7 heteroatoms. The predicted molar refractivity (Wildman–Crippen MR) is 65.2 cm³/mol.